The highest BCUT2D eigenvalue weighted by Gasteiger charge is 2.21. The van der Waals surface area contributed by atoms with Crippen LogP contribution in [0.25, 0.3) is 0 Å². The number of nitrogens with zero attached hydrogens (tertiary/aromatic N) is 2. The standard InChI is InChI=1S/C13H13BrCl2N2O/c1-7(2)18-12(11(16)6-17-18)13(19)8-3-4-10(15)9(14)5-8/h3-7,13,19H,1-2H3. The molecule has 0 fully saturated rings. The highest BCUT2D eigenvalue weighted by atomic mass is 79.9. The molecule has 6 heteroatoms. The fraction of sp³-hybridized carbons (Fsp3) is 0.308. The number of aliphatic hydroxyl groups is 1. The summed E-state index contributed by atoms with van der Waals surface area (Å²) in [6, 6.07) is 5.40. The van der Waals surface area contributed by atoms with Crippen molar-refractivity contribution in [1.29, 1.82) is 0 Å². The minimum Gasteiger partial charge on any atom is -0.382 e. The second-order valence-electron chi connectivity index (χ2n) is 4.49. The van der Waals surface area contributed by atoms with E-state index in [9.17, 15) is 5.11 Å². The number of hydrogen-bond donors (Lipinski definition) is 1. The van der Waals surface area contributed by atoms with Gasteiger partial charge in [0, 0.05) is 10.5 Å². The Bertz CT molecular complexity index is 598. The third-order valence-electron chi connectivity index (χ3n) is 2.79. The highest BCUT2D eigenvalue weighted by molar-refractivity contribution is 9.10. The van der Waals surface area contributed by atoms with Crippen LogP contribution in [0.4, 0.5) is 0 Å². The SMILES string of the molecule is CC(C)n1ncc(Cl)c1C(O)c1ccc(Cl)c(Br)c1. The molecule has 1 heterocycles. The van der Waals surface area contributed by atoms with Crippen molar-refractivity contribution in [2.24, 2.45) is 0 Å². The molecule has 0 saturated carbocycles. The molecule has 0 bridgehead atoms. The van der Waals surface area contributed by atoms with Gasteiger partial charge in [-0.3, -0.25) is 4.68 Å². The molecule has 0 aliphatic rings. The number of benzene rings is 1. The Labute approximate surface area is 130 Å². The molecule has 0 amide bonds. The predicted molar refractivity (Wildman–Crippen MR) is 80.8 cm³/mol. The molecule has 1 aromatic heterocycles. The van der Waals surface area contributed by atoms with Gasteiger partial charge in [-0.2, -0.15) is 5.10 Å². The molecule has 0 aliphatic heterocycles. The minimum absolute atomic E-state index is 0.118. The first-order valence-corrected chi connectivity index (χ1v) is 7.32. The topological polar surface area (TPSA) is 38.0 Å². The minimum atomic E-state index is -0.842. The van der Waals surface area contributed by atoms with Gasteiger partial charge in [-0.15, -0.1) is 0 Å². The molecule has 2 rings (SSSR count). The number of halogens is 3. The molecule has 1 aromatic carbocycles. The van der Waals surface area contributed by atoms with Crippen molar-refractivity contribution in [3.63, 3.8) is 0 Å². The molecule has 2 aromatic rings. The van der Waals surface area contributed by atoms with Gasteiger partial charge in [0.05, 0.1) is 21.9 Å². The van der Waals surface area contributed by atoms with E-state index in [0.717, 1.165) is 4.47 Å². The number of rotatable bonds is 3. The fourth-order valence-corrected chi connectivity index (χ4v) is 2.61. The Hall–Kier alpha value is -0.550. The van der Waals surface area contributed by atoms with E-state index in [0.29, 0.717) is 21.3 Å². The second kappa shape index (κ2) is 5.83. The largest absolute Gasteiger partial charge is 0.382 e. The number of aliphatic hydroxyl groups excluding tert-OH is 1. The molecule has 1 atom stereocenters. The summed E-state index contributed by atoms with van der Waals surface area (Å²) in [5.41, 5.74) is 1.30. The summed E-state index contributed by atoms with van der Waals surface area (Å²) in [4.78, 5) is 0. The van der Waals surface area contributed by atoms with Crippen LogP contribution in [0.3, 0.4) is 0 Å². The highest BCUT2D eigenvalue weighted by Crippen LogP contribution is 2.33. The van der Waals surface area contributed by atoms with Crippen LogP contribution in [0, 0.1) is 0 Å². The predicted octanol–water partition coefficient (Wildman–Crippen LogP) is 4.62. The average Bonchev–Trinajstić information content (AvgIpc) is 2.74. The number of aromatic nitrogens is 2. The summed E-state index contributed by atoms with van der Waals surface area (Å²) in [7, 11) is 0. The quantitative estimate of drug-likeness (QED) is 0.864. The van der Waals surface area contributed by atoms with Crippen molar-refractivity contribution >= 4 is 39.1 Å². The van der Waals surface area contributed by atoms with Crippen LogP contribution in [0.2, 0.25) is 10.0 Å². The van der Waals surface area contributed by atoms with Gasteiger partial charge in [-0.25, -0.2) is 0 Å². The third kappa shape index (κ3) is 2.97. The lowest BCUT2D eigenvalue weighted by molar-refractivity contribution is 0.205. The van der Waals surface area contributed by atoms with E-state index >= 15 is 0 Å². The van der Waals surface area contributed by atoms with Crippen LogP contribution < -0.4 is 0 Å². The Morgan fingerprint density at radius 3 is 2.53 bits per heavy atom. The van der Waals surface area contributed by atoms with E-state index in [1.807, 2.05) is 13.8 Å². The molecule has 1 unspecified atom stereocenters. The molecule has 102 valence electrons. The Morgan fingerprint density at radius 2 is 1.95 bits per heavy atom. The normalized spacial score (nSPS) is 13.0. The van der Waals surface area contributed by atoms with Gasteiger partial charge in [0.15, 0.2) is 0 Å². The Kier molecular flexibility index (Phi) is 4.56. The van der Waals surface area contributed by atoms with Crippen LogP contribution in [-0.4, -0.2) is 14.9 Å². The zero-order chi connectivity index (χ0) is 14.2. The molecular formula is C13H13BrCl2N2O. The monoisotopic (exact) mass is 362 g/mol. The van der Waals surface area contributed by atoms with E-state index in [4.69, 9.17) is 23.2 Å². The zero-order valence-corrected chi connectivity index (χ0v) is 13.5. The van der Waals surface area contributed by atoms with Gasteiger partial charge in [-0.05, 0) is 47.5 Å². The van der Waals surface area contributed by atoms with Gasteiger partial charge in [0.1, 0.15) is 6.10 Å². The van der Waals surface area contributed by atoms with Crippen LogP contribution >= 0.6 is 39.1 Å². The fourth-order valence-electron chi connectivity index (χ4n) is 1.86. The maximum absolute atomic E-state index is 10.5. The van der Waals surface area contributed by atoms with Crippen molar-refractivity contribution in [2.75, 3.05) is 0 Å². The molecule has 1 N–H and O–H groups in total. The summed E-state index contributed by atoms with van der Waals surface area (Å²) in [6.07, 6.45) is 0.705. The van der Waals surface area contributed by atoms with Crippen molar-refractivity contribution in [2.45, 2.75) is 26.0 Å². The third-order valence-corrected chi connectivity index (χ3v) is 4.30. The van der Waals surface area contributed by atoms with Crippen molar-refractivity contribution in [3.05, 3.63) is 50.2 Å². The van der Waals surface area contributed by atoms with Gasteiger partial charge >= 0.3 is 0 Å². The van der Waals surface area contributed by atoms with Gasteiger partial charge in [0.25, 0.3) is 0 Å². The van der Waals surface area contributed by atoms with Crippen molar-refractivity contribution in [1.82, 2.24) is 9.78 Å². The summed E-state index contributed by atoms with van der Waals surface area (Å²) in [6.45, 7) is 3.97. The first-order valence-electron chi connectivity index (χ1n) is 5.77. The van der Waals surface area contributed by atoms with E-state index in [1.54, 1.807) is 29.1 Å². The lowest BCUT2D eigenvalue weighted by Crippen LogP contribution is -2.12. The van der Waals surface area contributed by atoms with E-state index < -0.39 is 6.10 Å². The first kappa shape index (κ1) is 14.9. The molecule has 0 spiro atoms. The van der Waals surface area contributed by atoms with Crippen molar-refractivity contribution in [3.8, 4) is 0 Å². The molecule has 19 heavy (non-hydrogen) atoms. The lowest BCUT2D eigenvalue weighted by atomic mass is 10.1. The Balaban J connectivity index is 2.46. The van der Waals surface area contributed by atoms with Crippen LogP contribution in [-0.2, 0) is 0 Å². The first-order chi connectivity index (χ1) is 8.91. The van der Waals surface area contributed by atoms with Gasteiger partial charge in [-0.1, -0.05) is 29.3 Å². The van der Waals surface area contributed by atoms with Crippen LogP contribution in [0.5, 0.6) is 0 Å². The second-order valence-corrected chi connectivity index (χ2v) is 6.16. The Morgan fingerprint density at radius 1 is 1.26 bits per heavy atom. The summed E-state index contributed by atoms with van der Waals surface area (Å²) in [5, 5.41) is 15.7. The lowest BCUT2D eigenvalue weighted by Gasteiger charge is -2.17. The average molecular weight is 364 g/mol. The van der Waals surface area contributed by atoms with Crippen LogP contribution in [0.15, 0.2) is 28.9 Å². The molecule has 0 saturated heterocycles. The summed E-state index contributed by atoms with van der Waals surface area (Å²) in [5.74, 6) is 0. The molecule has 0 radical (unpaired) electrons. The van der Waals surface area contributed by atoms with E-state index in [2.05, 4.69) is 21.0 Å². The summed E-state index contributed by atoms with van der Waals surface area (Å²) >= 11 is 15.4. The molecule has 3 nitrogen and oxygen atoms in total. The summed E-state index contributed by atoms with van der Waals surface area (Å²) < 4.78 is 2.45. The zero-order valence-electron chi connectivity index (χ0n) is 10.4. The molecule has 0 aliphatic carbocycles. The van der Waals surface area contributed by atoms with Crippen molar-refractivity contribution < 1.29 is 5.11 Å². The molecular weight excluding hydrogens is 351 g/mol. The van der Waals surface area contributed by atoms with E-state index in [-0.39, 0.29) is 6.04 Å². The number of hydrogen-bond acceptors (Lipinski definition) is 2. The van der Waals surface area contributed by atoms with Crippen LogP contribution in [0.1, 0.15) is 37.3 Å². The maximum Gasteiger partial charge on any atom is 0.122 e. The van der Waals surface area contributed by atoms with Gasteiger partial charge < -0.3 is 5.11 Å². The maximum atomic E-state index is 10.5. The van der Waals surface area contributed by atoms with E-state index in [1.165, 1.54) is 0 Å². The smallest absolute Gasteiger partial charge is 0.122 e. The van der Waals surface area contributed by atoms with Gasteiger partial charge in [0.2, 0.25) is 0 Å².